The number of nitrogens with two attached hydrogens (primary N) is 1. The van der Waals surface area contributed by atoms with E-state index >= 15 is 0 Å². The molecule has 7 heteroatoms. The predicted octanol–water partition coefficient (Wildman–Crippen LogP) is -0.416. The molecule has 2 heterocycles. The Hall–Kier alpha value is -1.08. The first-order valence-electron chi connectivity index (χ1n) is 5.70. The van der Waals surface area contributed by atoms with Gasteiger partial charge in [0.2, 0.25) is 0 Å². The lowest BCUT2D eigenvalue weighted by atomic mass is 10.3. The van der Waals surface area contributed by atoms with Gasteiger partial charge >= 0.3 is 0 Å². The Morgan fingerprint density at radius 3 is 2.88 bits per heavy atom. The molecule has 1 atom stereocenters. The fourth-order valence-corrected chi connectivity index (χ4v) is 3.72. The van der Waals surface area contributed by atoms with E-state index in [0.29, 0.717) is 12.4 Å². The van der Waals surface area contributed by atoms with Gasteiger partial charge in [0.15, 0.2) is 9.84 Å². The van der Waals surface area contributed by atoms with Crippen LogP contribution in [0.25, 0.3) is 0 Å². The van der Waals surface area contributed by atoms with Crippen LogP contribution in [0.5, 0.6) is 0 Å². The van der Waals surface area contributed by atoms with Gasteiger partial charge < -0.3 is 5.73 Å². The molecule has 1 aliphatic heterocycles. The van der Waals surface area contributed by atoms with Crippen molar-refractivity contribution in [1.29, 1.82) is 0 Å². The molecule has 1 aliphatic rings. The van der Waals surface area contributed by atoms with Crippen LogP contribution in [0.15, 0.2) is 12.3 Å². The monoisotopic (exact) mass is 258 g/mol. The molecule has 1 aromatic rings. The first kappa shape index (κ1) is 12.4. The molecule has 96 valence electrons. The van der Waals surface area contributed by atoms with Crippen molar-refractivity contribution in [3.63, 3.8) is 0 Å². The fraction of sp³-hybridized carbons (Fsp3) is 0.700. The minimum atomic E-state index is -2.83. The molecule has 17 heavy (non-hydrogen) atoms. The summed E-state index contributed by atoms with van der Waals surface area (Å²) in [7, 11) is -2.83. The molecule has 6 nitrogen and oxygen atoms in total. The normalized spacial score (nSPS) is 24.9. The Labute approximate surface area is 101 Å². The number of hydrogen-bond acceptors (Lipinski definition) is 5. The van der Waals surface area contributed by atoms with Crippen molar-refractivity contribution in [3.8, 4) is 0 Å². The van der Waals surface area contributed by atoms with Crippen molar-refractivity contribution in [2.24, 2.45) is 0 Å². The maximum Gasteiger partial charge on any atom is 0.153 e. The maximum absolute atomic E-state index is 11.4. The molecule has 1 fully saturated rings. The molecule has 0 aliphatic carbocycles. The van der Waals surface area contributed by atoms with Crippen molar-refractivity contribution in [2.75, 3.05) is 30.3 Å². The van der Waals surface area contributed by atoms with Crippen LogP contribution in [-0.4, -0.2) is 53.7 Å². The standard InChI is InChI=1S/C10H18N4O2S/c1-9-8-17(15,16)7-6-13(9)4-5-14-3-2-10(11)12-14/h2-3,9H,4-8H2,1H3,(H2,11,12). The molecule has 1 aromatic heterocycles. The third kappa shape index (κ3) is 3.19. The molecule has 0 amide bonds. The summed E-state index contributed by atoms with van der Waals surface area (Å²) in [6.07, 6.45) is 1.83. The van der Waals surface area contributed by atoms with Crippen molar-refractivity contribution < 1.29 is 8.42 Å². The van der Waals surface area contributed by atoms with Gasteiger partial charge in [0.25, 0.3) is 0 Å². The van der Waals surface area contributed by atoms with E-state index in [1.165, 1.54) is 0 Å². The summed E-state index contributed by atoms with van der Waals surface area (Å²) in [5.74, 6) is 1.03. The maximum atomic E-state index is 11.4. The van der Waals surface area contributed by atoms with Gasteiger partial charge in [-0.2, -0.15) is 5.10 Å². The Balaban J connectivity index is 1.88. The van der Waals surface area contributed by atoms with E-state index in [1.54, 1.807) is 10.7 Å². The number of hydrogen-bond donors (Lipinski definition) is 1. The summed E-state index contributed by atoms with van der Waals surface area (Å²) in [4.78, 5) is 2.18. The lowest BCUT2D eigenvalue weighted by Crippen LogP contribution is -2.47. The first-order valence-corrected chi connectivity index (χ1v) is 7.52. The van der Waals surface area contributed by atoms with Crippen LogP contribution in [0.3, 0.4) is 0 Å². The van der Waals surface area contributed by atoms with Crippen molar-refractivity contribution in [2.45, 2.75) is 19.5 Å². The number of aromatic nitrogens is 2. The molecular weight excluding hydrogens is 240 g/mol. The predicted molar refractivity (Wildman–Crippen MR) is 66.3 cm³/mol. The SMILES string of the molecule is CC1CS(=O)(=O)CCN1CCn1ccc(N)n1. The van der Waals surface area contributed by atoms with E-state index in [0.717, 1.165) is 13.1 Å². The van der Waals surface area contributed by atoms with Crippen LogP contribution in [0, 0.1) is 0 Å². The average molecular weight is 258 g/mol. The van der Waals surface area contributed by atoms with Gasteiger partial charge in [0.1, 0.15) is 5.82 Å². The highest BCUT2D eigenvalue weighted by molar-refractivity contribution is 7.91. The zero-order chi connectivity index (χ0) is 12.5. The lowest BCUT2D eigenvalue weighted by molar-refractivity contribution is 0.215. The Kier molecular flexibility index (Phi) is 3.39. The van der Waals surface area contributed by atoms with E-state index in [1.807, 2.05) is 13.1 Å². The summed E-state index contributed by atoms with van der Waals surface area (Å²) in [5.41, 5.74) is 5.53. The molecule has 0 bridgehead atoms. The minimum absolute atomic E-state index is 0.0849. The number of rotatable bonds is 3. The molecule has 0 radical (unpaired) electrons. The summed E-state index contributed by atoms with van der Waals surface area (Å²) < 4.78 is 24.6. The zero-order valence-electron chi connectivity index (χ0n) is 9.91. The van der Waals surface area contributed by atoms with Crippen molar-refractivity contribution >= 4 is 15.7 Å². The number of sulfone groups is 1. The second-order valence-corrected chi connectivity index (χ2v) is 6.73. The van der Waals surface area contributed by atoms with Crippen LogP contribution < -0.4 is 5.73 Å². The molecule has 0 saturated carbocycles. The van der Waals surface area contributed by atoms with E-state index in [-0.39, 0.29) is 17.5 Å². The average Bonchev–Trinajstić information content (AvgIpc) is 2.62. The van der Waals surface area contributed by atoms with Gasteiger partial charge in [-0.15, -0.1) is 0 Å². The van der Waals surface area contributed by atoms with Crippen LogP contribution >= 0.6 is 0 Å². The van der Waals surface area contributed by atoms with Crippen molar-refractivity contribution in [3.05, 3.63) is 12.3 Å². The third-order valence-corrected chi connectivity index (χ3v) is 4.88. The highest BCUT2D eigenvalue weighted by atomic mass is 32.2. The third-order valence-electron chi connectivity index (χ3n) is 3.09. The largest absolute Gasteiger partial charge is 0.382 e. The molecule has 0 aromatic carbocycles. The Morgan fingerprint density at radius 1 is 1.53 bits per heavy atom. The quantitative estimate of drug-likeness (QED) is 0.796. The van der Waals surface area contributed by atoms with Gasteiger partial charge in [0.05, 0.1) is 18.1 Å². The summed E-state index contributed by atoms with van der Waals surface area (Å²) in [5, 5.41) is 4.10. The van der Waals surface area contributed by atoms with E-state index in [9.17, 15) is 8.42 Å². The first-order chi connectivity index (χ1) is 7.96. The number of anilines is 1. The molecular formula is C10H18N4O2S. The van der Waals surface area contributed by atoms with Crippen LogP contribution in [0.1, 0.15) is 6.92 Å². The minimum Gasteiger partial charge on any atom is -0.382 e. The summed E-state index contributed by atoms with van der Waals surface area (Å²) >= 11 is 0. The molecule has 2 N–H and O–H groups in total. The number of nitrogen functional groups attached to an aromatic ring is 1. The second kappa shape index (κ2) is 4.66. The van der Waals surface area contributed by atoms with E-state index in [2.05, 4.69) is 10.00 Å². The topological polar surface area (TPSA) is 81.2 Å². The highest BCUT2D eigenvalue weighted by Crippen LogP contribution is 2.11. The van der Waals surface area contributed by atoms with Gasteiger partial charge in [-0.25, -0.2) is 8.42 Å². The summed E-state index contributed by atoms with van der Waals surface area (Å²) in [6.45, 7) is 4.10. The van der Waals surface area contributed by atoms with Crippen molar-refractivity contribution in [1.82, 2.24) is 14.7 Å². The molecule has 1 unspecified atom stereocenters. The van der Waals surface area contributed by atoms with Crippen LogP contribution in [0.4, 0.5) is 5.82 Å². The van der Waals surface area contributed by atoms with Gasteiger partial charge in [-0.1, -0.05) is 0 Å². The van der Waals surface area contributed by atoms with E-state index in [4.69, 9.17) is 5.73 Å². The Morgan fingerprint density at radius 2 is 2.29 bits per heavy atom. The Bertz CT molecular complexity index is 482. The smallest absolute Gasteiger partial charge is 0.153 e. The second-order valence-electron chi connectivity index (χ2n) is 4.50. The molecule has 0 spiro atoms. The summed E-state index contributed by atoms with van der Waals surface area (Å²) in [6, 6.07) is 1.84. The van der Waals surface area contributed by atoms with Gasteiger partial charge in [0, 0.05) is 25.3 Å². The number of nitrogens with zero attached hydrogens (tertiary/aromatic N) is 3. The highest BCUT2D eigenvalue weighted by Gasteiger charge is 2.27. The molecule has 2 rings (SSSR count). The van der Waals surface area contributed by atoms with Gasteiger partial charge in [-0.05, 0) is 13.0 Å². The van der Waals surface area contributed by atoms with Crippen LogP contribution in [-0.2, 0) is 16.4 Å². The zero-order valence-corrected chi connectivity index (χ0v) is 10.7. The lowest BCUT2D eigenvalue weighted by Gasteiger charge is -2.32. The fourth-order valence-electron chi connectivity index (χ4n) is 2.10. The van der Waals surface area contributed by atoms with Crippen LogP contribution in [0.2, 0.25) is 0 Å². The van der Waals surface area contributed by atoms with Gasteiger partial charge in [-0.3, -0.25) is 9.58 Å². The van der Waals surface area contributed by atoms with E-state index < -0.39 is 9.84 Å². The molecule has 1 saturated heterocycles.